The summed E-state index contributed by atoms with van der Waals surface area (Å²) < 4.78 is 11.8. The average Bonchev–Trinajstić information content (AvgIpc) is 3.22. The van der Waals surface area contributed by atoms with Crippen LogP contribution < -0.4 is 4.74 Å². The Bertz CT molecular complexity index is 515. The van der Waals surface area contributed by atoms with Crippen LogP contribution in [0.4, 0.5) is 0 Å². The Morgan fingerprint density at radius 2 is 1.56 bits per heavy atom. The quantitative estimate of drug-likeness (QED) is 0.799. The van der Waals surface area contributed by atoms with Crippen LogP contribution in [-0.2, 0) is 4.74 Å². The van der Waals surface area contributed by atoms with Gasteiger partial charge in [-0.05, 0) is 35.4 Å². The van der Waals surface area contributed by atoms with Gasteiger partial charge in [-0.25, -0.2) is 0 Å². The second-order valence-corrected chi connectivity index (χ2v) is 5.21. The van der Waals surface area contributed by atoms with Crippen LogP contribution in [0.25, 0.3) is 11.1 Å². The van der Waals surface area contributed by atoms with E-state index in [1.807, 2.05) is 24.3 Å². The van der Waals surface area contributed by atoms with E-state index in [0.29, 0.717) is 12.7 Å². The van der Waals surface area contributed by atoms with E-state index in [-0.39, 0.29) is 0 Å². The average molecular weight is 305 g/mol. The van der Waals surface area contributed by atoms with Crippen molar-refractivity contribution in [2.45, 2.75) is 6.10 Å². The number of epoxide rings is 1. The van der Waals surface area contributed by atoms with Gasteiger partial charge >= 0.3 is 0 Å². The van der Waals surface area contributed by atoms with Crippen molar-refractivity contribution in [3.8, 4) is 16.9 Å². The molecule has 3 heteroatoms. The molecule has 0 amide bonds. The van der Waals surface area contributed by atoms with Gasteiger partial charge < -0.3 is 9.47 Å². The summed E-state index contributed by atoms with van der Waals surface area (Å²) in [5, 5.41) is 0. The Balaban J connectivity index is 1.71. The second-order valence-electron chi connectivity index (χ2n) is 4.30. The molecule has 0 aliphatic carbocycles. The number of rotatable bonds is 4. The van der Waals surface area contributed by atoms with Crippen LogP contribution >= 0.6 is 15.9 Å². The van der Waals surface area contributed by atoms with E-state index in [4.69, 9.17) is 9.47 Å². The highest BCUT2D eigenvalue weighted by Gasteiger charge is 2.22. The lowest BCUT2D eigenvalue weighted by atomic mass is 10.1. The topological polar surface area (TPSA) is 21.8 Å². The summed E-state index contributed by atoms with van der Waals surface area (Å²) in [6.45, 7) is 1.48. The predicted molar refractivity (Wildman–Crippen MR) is 74.8 cm³/mol. The molecule has 92 valence electrons. The smallest absolute Gasteiger partial charge is 0.119 e. The first-order chi connectivity index (χ1) is 8.81. The first kappa shape index (κ1) is 11.8. The molecule has 0 aromatic heterocycles. The van der Waals surface area contributed by atoms with Crippen molar-refractivity contribution in [2.24, 2.45) is 0 Å². The summed E-state index contributed by atoms with van der Waals surface area (Å²) in [4.78, 5) is 0. The Morgan fingerprint density at radius 3 is 2.11 bits per heavy atom. The first-order valence-corrected chi connectivity index (χ1v) is 6.71. The van der Waals surface area contributed by atoms with Gasteiger partial charge in [-0.15, -0.1) is 0 Å². The molecule has 0 bridgehead atoms. The van der Waals surface area contributed by atoms with E-state index < -0.39 is 0 Å². The van der Waals surface area contributed by atoms with E-state index in [2.05, 4.69) is 40.2 Å². The number of ether oxygens (including phenoxy) is 2. The van der Waals surface area contributed by atoms with Gasteiger partial charge in [0.2, 0.25) is 0 Å². The van der Waals surface area contributed by atoms with Gasteiger partial charge in [0.1, 0.15) is 18.5 Å². The summed E-state index contributed by atoms with van der Waals surface area (Å²) in [5.41, 5.74) is 2.40. The molecule has 0 radical (unpaired) electrons. The van der Waals surface area contributed by atoms with Crippen molar-refractivity contribution in [2.75, 3.05) is 13.2 Å². The molecular weight excluding hydrogens is 292 g/mol. The van der Waals surface area contributed by atoms with Gasteiger partial charge in [-0.1, -0.05) is 40.2 Å². The number of benzene rings is 2. The lowest BCUT2D eigenvalue weighted by molar-refractivity contribution is 0.263. The molecular formula is C15H13BrO2. The summed E-state index contributed by atoms with van der Waals surface area (Å²) in [6, 6.07) is 16.4. The molecule has 0 saturated carbocycles. The maximum absolute atomic E-state index is 5.61. The molecule has 1 saturated heterocycles. The third-order valence-corrected chi connectivity index (χ3v) is 3.40. The minimum atomic E-state index is 0.302. The van der Waals surface area contributed by atoms with Crippen LogP contribution in [0.15, 0.2) is 53.0 Å². The molecule has 2 aromatic carbocycles. The Morgan fingerprint density at radius 1 is 1.00 bits per heavy atom. The maximum Gasteiger partial charge on any atom is 0.119 e. The van der Waals surface area contributed by atoms with Crippen molar-refractivity contribution in [1.82, 2.24) is 0 Å². The van der Waals surface area contributed by atoms with Crippen LogP contribution in [0.2, 0.25) is 0 Å². The highest BCUT2D eigenvalue weighted by atomic mass is 79.9. The van der Waals surface area contributed by atoms with Gasteiger partial charge in [-0.3, -0.25) is 0 Å². The van der Waals surface area contributed by atoms with Crippen molar-refractivity contribution in [3.63, 3.8) is 0 Å². The molecule has 1 heterocycles. The zero-order valence-corrected chi connectivity index (χ0v) is 11.4. The Labute approximate surface area is 115 Å². The Hall–Kier alpha value is -1.32. The first-order valence-electron chi connectivity index (χ1n) is 5.92. The monoisotopic (exact) mass is 304 g/mol. The largest absolute Gasteiger partial charge is 0.491 e. The van der Waals surface area contributed by atoms with Crippen molar-refractivity contribution in [3.05, 3.63) is 53.0 Å². The van der Waals surface area contributed by atoms with Crippen molar-refractivity contribution < 1.29 is 9.47 Å². The van der Waals surface area contributed by atoms with Gasteiger partial charge in [0.15, 0.2) is 0 Å². The molecule has 0 spiro atoms. The molecule has 1 aliphatic rings. The maximum atomic E-state index is 5.61. The lowest BCUT2D eigenvalue weighted by Crippen LogP contribution is -2.03. The fraction of sp³-hybridized carbons (Fsp3) is 0.200. The fourth-order valence-corrected chi connectivity index (χ4v) is 2.00. The molecule has 1 aliphatic heterocycles. The minimum absolute atomic E-state index is 0.302. The van der Waals surface area contributed by atoms with Crippen molar-refractivity contribution >= 4 is 15.9 Å². The summed E-state index contributed by atoms with van der Waals surface area (Å²) in [5.74, 6) is 0.895. The van der Waals surface area contributed by atoms with E-state index in [9.17, 15) is 0 Å². The normalized spacial score (nSPS) is 17.5. The standard InChI is InChI=1S/C15H13BrO2/c16-13-5-1-11(2-6-13)12-3-7-14(8-4-12)17-9-15-10-18-15/h1-8,15H,9-10H2. The van der Waals surface area contributed by atoms with Crippen LogP contribution in [0.1, 0.15) is 0 Å². The molecule has 1 fully saturated rings. The van der Waals surface area contributed by atoms with E-state index in [0.717, 1.165) is 16.8 Å². The minimum Gasteiger partial charge on any atom is -0.491 e. The summed E-state index contributed by atoms with van der Waals surface area (Å²) in [7, 11) is 0. The Kier molecular flexibility index (Phi) is 3.35. The van der Waals surface area contributed by atoms with E-state index in [1.165, 1.54) is 11.1 Å². The van der Waals surface area contributed by atoms with Gasteiger partial charge in [0.05, 0.1) is 6.61 Å². The molecule has 1 unspecified atom stereocenters. The number of halogens is 1. The second kappa shape index (κ2) is 5.12. The molecule has 2 nitrogen and oxygen atoms in total. The molecule has 3 rings (SSSR count). The summed E-state index contributed by atoms with van der Waals surface area (Å²) >= 11 is 3.44. The van der Waals surface area contributed by atoms with E-state index in [1.54, 1.807) is 0 Å². The highest BCUT2D eigenvalue weighted by molar-refractivity contribution is 9.10. The third kappa shape index (κ3) is 2.92. The number of hydrogen-bond donors (Lipinski definition) is 0. The fourth-order valence-electron chi connectivity index (χ4n) is 1.74. The highest BCUT2D eigenvalue weighted by Crippen LogP contribution is 2.24. The van der Waals surface area contributed by atoms with Gasteiger partial charge in [0, 0.05) is 4.47 Å². The molecule has 2 aromatic rings. The van der Waals surface area contributed by atoms with Crippen molar-refractivity contribution in [1.29, 1.82) is 0 Å². The lowest BCUT2D eigenvalue weighted by Gasteiger charge is -2.06. The molecule has 0 N–H and O–H groups in total. The van der Waals surface area contributed by atoms with Crippen LogP contribution in [0, 0.1) is 0 Å². The molecule has 1 atom stereocenters. The molecule has 18 heavy (non-hydrogen) atoms. The zero-order chi connectivity index (χ0) is 12.4. The van der Waals surface area contributed by atoms with Gasteiger partial charge in [-0.2, -0.15) is 0 Å². The number of hydrogen-bond acceptors (Lipinski definition) is 2. The van der Waals surface area contributed by atoms with E-state index >= 15 is 0 Å². The van der Waals surface area contributed by atoms with Crippen LogP contribution in [0.3, 0.4) is 0 Å². The van der Waals surface area contributed by atoms with Crippen LogP contribution in [0.5, 0.6) is 5.75 Å². The summed E-state index contributed by atoms with van der Waals surface area (Å²) in [6.07, 6.45) is 0.302. The zero-order valence-electron chi connectivity index (χ0n) is 9.80. The third-order valence-electron chi connectivity index (χ3n) is 2.87. The van der Waals surface area contributed by atoms with Crippen LogP contribution in [-0.4, -0.2) is 19.3 Å². The van der Waals surface area contributed by atoms with Gasteiger partial charge in [0.25, 0.3) is 0 Å². The predicted octanol–water partition coefficient (Wildman–Crippen LogP) is 3.89. The SMILES string of the molecule is Brc1ccc(-c2ccc(OCC3CO3)cc2)cc1.